The zero-order valence-corrected chi connectivity index (χ0v) is 10.4. The zero-order valence-electron chi connectivity index (χ0n) is 10.4. The van der Waals surface area contributed by atoms with Crippen LogP contribution in [-0.4, -0.2) is 62.4 Å². The molecule has 2 saturated heterocycles. The van der Waals surface area contributed by atoms with Crippen LogP contribution in [0.5, 0.6) is 0 Å². The number of rotatable bonds is 0. The summed E-state index contributed by atoms with van der Waals surface area (Å²) in [6.07, 6.45) is 2.93. The molecule has 1 spiro atoms. The Balaban J connectivity index is 0.000000386. The van der Waals surface area contributed by atoms with Crippen LogP contribution >= 0.6 is 0 Å². The lowest BCUT2D eigenvalue weighted by Gasteiger charge is -2.36. The van der Waals surface area contributed by atoms with Crippen LogP contribution in [0.3, 0.4) is 0 Å². The van der Waals surface area contributed by atoms with Crippen LogP contribution < -0.4 is 0 Å². The van der Waals surface area contributed by atoms with Gasteiger partial charge in [-0.05, 0) is 19.9 Å². The van der Waals surface area contributed by atoms with Crippen LogP contribution in [0.15, 0.2) is 5.16 Å². The molecule has 2 fully saturated rings. The van der Waals surface area contributed by atoms with Gasteiger partial charge in [0, 0.05) is 33.7 Å². The molecular weight excluding hydrogens is 208 g/mol. The van der Waals surface area contributed by atoms with E-state index < -0.39 is 0 Å². The van der Waals surface area contributed by atoms with Crippen LogP contribution in [-0.2, 0) is 9.47 Å². The zero-order chi connectivity index (χ0) is 12.0. The molecule has 94 valence electrons. The third-order valence-corrected chi connectivity index (χ3v) is 3.11. The first-order valence-electron chi connectivity index (χ1n) is 5.58. The van der Waals surface area contributed by atoms with Gasteiger partial charge in [0.25, 0.3) is 0 Å². The molecule has 5 nitrogen and oxygen atoms in total. The summed E-state index contributed by atoms with van der Waals surface area (Å²) in [6, 6.07) is 0. The normalized spacial score (nSPS) is 26.8. The Kier molecular flexibility index (Phi) is 5.18. The predicted octanol–water partition coefficient (Wildman–Crippen LogP) is 0.964. The number of ether oxygens (including phenoxy) is 2. The molecule has 0 saturated carbocycles. The highest BCUT2D eigenvalue weighted by molar-refractivity contribution is 5.87. The average molecular weight is 230 g/mol. The van der Waals surface area contributed by atoms with Crippen LogP contribution in [0.2, 0.25) is 0 Å². The molecule has 2 rings (SSSR count). The molecule has 0 atom stereocenters. The largest absolute Gasteiger partial charge is 0.411 e. The van der Waals surface area contributed by atoms with Gasteiger partial charge in [-0.25, -0.2) is 0 Å². The summed E-state index contributed by atoms with van der Waals surface area (Å²) in [5.74, 6) is 0. The first kappa shape index (κ1) is 13.4. The molecule has 2 heterocycles. The smallest absolute Gasteiger partial charge is 0.0890 e. The number of piperidine rings is 1. The number of hydrogen-bond acceptors (Lipinski definition) is 5. The van der Waals surface area contributed by atoms with Crippen LogP contribution in [0.4, 0.5) is 0 Å². The Morgan fingerprint density at radius 1 is 1.38 bits per heavy atom. The standard InChI is InChI=1S/C9H16N2O2.C2H6O/c1-11-4-2-9(3-5-11)6-8(10-12)7-13-9;1-3-2/h12H,2-7H2,1H3;1-2H3/b10-8-;. The van der Waals surface area contributed by atoms with E-state index in [0.717, 1.165) is 38.1 Å². The Bertz CT molecular complexity index is 235. The van der Waals surface area contributed by atoms with Gasteiger partial charge >= 0.3 is 0 Å². The highest BCUT2D eigenvalue weighted by Gasteiger charge is 2.40. The molecular formula is C11H22N2O3. The van der Waals surface area contributed by atoms with Gasteiger partial charge in [0.1, 0.15) is 0 Å². The minimum Gasteiger partial charge on any atom is -0.411 e. The summed E-state index contributed by atoms with van der Waals surface area (Å²) in [7, 11) is 5.38. The highest BCUT2D eigenvalue weighted by atomic mass is 16.5. The van der Waals surface area contributed by atoms with Gasteiger partial charge in [-0.3, -0.25) is 0 Å². The highest BCUT2D eigenvalue weighted by Crippen LogP contribution is 2.34. The summed E-state index contributed by atoms with van der Waals surface area (Å²) in [5.41, 5.74) is 0.790. The lowest BCUT2D eigenvalue weighted by molar-refractivity contribution is -0.0386. The van der Waals surface area contributed by atoms with Crippen LogP contribution in [0, 0.1) is 0 Å². The maximum Gasteiger partial charge on any atom is 0.0890 e. The van der Waals surface area contributed by atoms with Gasteiger partial charge in [-0.2, -0.15) is 0 Å². The number of hydrogen-bond donors (Lipinski definition) is 1. The first-order chi connectivity index (χ1) is 7.65. The molecule has 0 aliphatic carbocycles. The van der Waals surface area contributed by atoms with Crippen molar-refractivity contribution in [1.29, 1.82) is 0 Å². The van der Waals surface area contributed by atoms with Gasteiger partial charge in [-0.15, -0.1) is 0 Å². The second kappa shape index (κ2) is 6.18. The Morgan fingerprint density at radius 3 is 2.38 bits per heavy atom. The van der Waals surface area contributed by atoms with Crippen molar-refractivity contribution >= 4 is 5.71 Å². The third-order valence-electron chi connectivity index (χ3n) is 3.11. The molecule has 0 aromatic rings. The van der Waals surface area contributed by atoms with E-state index in [-0.39, 0.29) is 5.60 Å². The fourth-order valence-corrected chi connectivity index (χ4v) is 2.12. The fourth-order valence-electron chi connectivity index (χ4n) is 2.12. The molecule has 0 bridgehead atoms. The van der Waals surface area contributed by atoms with E-state index in [0.29, 0.717) is 6.61 Å². The Labute approximate surface area is 97.0 Å². The van der Waals surface area contributed by atoms with E-state index >= 15 is 0 Å². The number of nitrogens with zero attached hydrogens (tertiary/aromatic N) is 2. The lowest BCUT2D eigenvalue weighted by Crippen LogP contribution is -2.42. The molecule has 1 N–H and O–H groups in total. The van der Waals surface area contributed by atoms with Gasteiger partial charge in [0.2, 0.25) is 0 Å². The molecule has 0 aromatic heterocycles. The summed E-state index contributed by atoms with van der Waals surface area (Å²) in [6.45, 7) is 2.68. The summed E-state index contributed by atoms with van der Waals surface area (Å²) >= 11 is 0. The fraction of sp³-hybridized carbons (Fsp3) is 0.909. The molecule has 0 unspecified atom stereocenters. The minimum absolute atomic E-state index is 0.00588. The summed E-state index contributed by atoms with van der Waals surface area (Å²) in [4.78, 5) is 2.31. The summed E-state index contributed by atoms with van der Waals surface area (Å²) < 4.78 is 9.97. The van der Waals surface area contributed by atoms with Crippen molar-refractivity contribution in [2.45, 2.75) is 24.9 Å². The molecule has 0 amide bonds. The maximum absolute atomic E-state index is 8.63. The number of oxime groups is 1. The number of methoxy groups -OCH3 is 1. The van der Waals surface area contributed by atoms with Crippen LogP contribution in [0.1, 0.15) is 19.3 Å². The van der Waals surface area contributed by atoms with E-state index in [1.54, 1.807) is 14.2 Å². The van der Waals surface area contributed by atoms with Crippen molar-refractivity contribution in [2.24, 2.45) is 5.16 Å². The average Bonchev–Trinajstić information content (AvgIpc) is 2.68. The quantitative estimate of drug-likeness (QED) is 0.497. The van der Waals surface area contributed by atoms with Gasteiger partial charge < -0.3 is 19.6 Å². The topological polar surface area (TPSA) is 54.3 Å². The van der Waals surface area contributed by atoms with E-state index in [1.807, 2.05) is 0 Å². The van der Waals surface area contributed by atoms with Crippen molar-refractivity contribution in [1.82, 2.24) is 4.90 Å². The van der Waals surface area contributed by atoms with Gasteiger partial charge in [-0.1, -0.05) is 5.16 Å². The SMILES string of the molecule is CN1CCC2(CC1)C/C(=N/O)CO2.COC. The van der Waals surface area contributed by atoms with Crippen molar-refractivity contribution in [3.05, 3.63) is 0 Å². The van der Waals surface area contributed by atoms with E-state index in [2.05, 4.69) is 21.8 Å². The summed E-state index contributed by atoms with van der Waals surface area (Å²) in [5, 5.41) is 11.9. The minimum atomic E-state index is -0.00588. The van der Waals surface area contributed by atoms with E-state index in [1.165, 1.54) is 0 Å². The van der Waals surface area contributed by atoms with Crippen molar-refractivity contribution < 1.29 is 14.7 Å². The molecule has 2 aliphatic rings. The third kappa shape index (κ3) is 3.43. The van der Waals surface area contributed by atoms with Gasteiger partial charge in [0.15, 0.2) is 0 Å². The monoisotopic (exact) mass is 230 g/mol. The van der Waals surface area contributed by atoms with Crippen molar-refractivity contribution in [3.8, 4) is 0 Å². The van der Waals surface area contributed by atoms with Crippen molar-refractivity contribution in [2.75, 3.05) is 41.0 Å². The molecule has 2 aliphatic heterocycles. The maximum atomic E-state index is 8.63. The second-order valence-corrected chi connectivity index (χ2v) is 4.53. The second-order valence-electron chi connectivity index (χ2n) is 4.53. The lowest BCUT2D eigenvalue weighted by atomic mass is 9.88. The van der Waals surface area contributed by atoms with E-state index in [9.17, 15) is 0 Å². The molecule has 0 aromatic carbocycles. The Morgan fingerprint density at radius 2 is 1.94 bits per heavy atom. The molecule has 0 radical (unpaired) electrons. The number of likely N-dealkylation sites (tertiary alicyclic amines) is 1. The van der Waals surface area contributed by atoms with Crippen molar-refractivity contribution in [3.63, 3.8) is 0 Å². The first-order valence-corrected chi connectivity index (χ1v) is 5.58. The van der Waals surface area contributed by atoms with Crippen LogP contribution in [0.25, 0.3) is 0 Å². The Hall–Kier alpha value is -0.650. The molecule has 16 heavy (non-hydrogen) atoms. The van der Waals surface area contributed by atoms with E-state index in [4.69, 9.17) is 9.94 Å². The van der Waals surface area contributed by atoms with Gasteiger partial charge in [0.05, 0.1) is 17.9 Å². The predicted molar refractivity (Wildman–Crippen MR) is 62.2 cm³/mol. The molecule has 5 heteroatoms.